The monoisotopic (exact) mass is 702 g/mol. The van der Waals surface area contributed by atoms with E-state index in [0.717, 1.165) is 29.0 Å². The van der Waals surface area contributed by atoms with Crippen LogP contribution < -0.4 is 0 Å². The summed E-state index contributed by atoms with van der Waals surface area (Å²) in [5.74, 6) is 1.07. The number of aromatic nitrogens is 2. The van der Waals surface area contributed by atoms with Crippen molar-refractivity contribution in [3.63, 3.8) is 0 Å². The van der Waals surface area contributed by atoms with E-state index in [-0.39, 0.29) is 0 Å². The molecule has 260 valence electrons. The van der Waals surface area contributed by atoms with E-state index in [1.54, 1.807) is 0 Å². The Labute approximate surface area is 321 Å². The van der Waals surface area contributed by atoms with Gasteiger partial charge in [-0.05, 0) is 114 Å². The van der Waals surface area contributed by atoms with Gasteiger partial charge in [0.1, 0.15) is 5.82 Å². The predicted octanol–water partition coefficient (Wildman–Crippen LogP) is 14.2. The first-order chi connectivity index (χ1) is 27.2. The summed E-state index contributed by atoms with van der Waals surface area (Å²) in [6.07, 6.45) is 0.865. The number of fused-ring (bicyclic) bond motifs is 3. The van der Waals surface area contributed by atoms with Gasteiger partial charge in [0.05, 0.1) is 11.0 Å². The highest BCUT2D eigenvalue weighted by molar-refractivity contribution is 6.22. The predicted molar refractivity (Wildman–Crippen MR) is 233 cm³/mol. The van der Waals surface area contributed by atoms with Gasteiger partial charge in [0.2, 0.25) is 0 Å². The molecule has 0 radical (unpaired) electrons. The minimum atomic E-state index is 0.865. The Morgan fingerprint density at radius 3 is 1.55 bits per heavy atom. The number of imidazole rings is 1. The average molecular weight is 703 g/mol. The standard InChI is InChI=1S/C53H38N2/c1-2-51-54-49-22-11-12-23-50(49)55(51)44-31-28-39(29-32-44)41-18-13-19-43(34-41)53-46-21-10-9-20-45(46)52(40-26-24-38(25-27-40)36-14-5-3-6-15-36)47-33-30-42(35-48(47)53)37-16-7-4-8-17-37/h3-35H,2H2,1H3. The van der Waals surface area contributed by atoms with Crippen molar-refractivity contribution >= 4 is 32.6 Å². The second-order valence-electron chi connectivity index (χ2n) is 14.2. The van der Waals surface area contributed by atoms with Gasteiger partial charge in [-0.2, -0.15) is 0 Å². The molecule has 1 heterocycles. The van der Waals surface area contributed by atoms with Crippen molar-refractivity contribution < 1.29 is 0 Å². The summed E-state index contributed by atoms with van der Waals surface area (Å²) in [5, 5.41) is 4.98. The van der Waals surface area contributed by atoms with E-state index in [0.29, 0.717) is 0 Å². The van der Waals surface area contributed by atoms with Crippen molar-refractivity contribution in [3.05, 3.63) is 206 Å². The highest BCUT2D eigenvalue weighted by Crippen LogP contribution is 2.45. The molecular weight excluding hydrogens is 665 g/mol. The lowest BCUT2D eigenvalue weighted by Crippen LogP contribution is -1.99. The van der Waals surface area contributed by atoms with Gasteiger partial charge in [-0.15, -0.1) is 0 Å². The number of hydrogen-bond acceptors (Lipinski definition) is 1. The number of rotatable bonds is 7. The fourth-order valence-electron chi connectivity index (χ4n) is 8.33. The molecule has 0 aliphatic heterocycles. The van der Waals surface area contributed by atoms with Gasteiger partial charge in [0, 0.05) is 12.1 Å². The highest BCUT2D eigenvalue weighted by atomic mass is 15.1. The minimum absolute atomic E-state index is 0.865. The van der Waals surface area contributed by atoms with Crippen molar-refractivity contribution in [3.8, 4) is 61.3 Å². The molecule has 0 atom stereocenters. The summed E-state index contributed by atoms with van der Waals surface area (Å²) in [7, 11) is 0. The van der Waals surface area contributed by atoms with Gasteiger partial charge in [-0.25, -0.2) is 4.98 Å². The summed E-state index contributed by atoms with van der Waals surface area (Å²) in [5.41, 5.74) is 15.5. The summed E-state index contributed by atoms with van der Waals surface area (Å²) in [6.45, 7) is 2.17. The zero-order valence-electron chi connectivity index (χ0n) is 30.7. The molecule has 0 fully saturated rings. The van der Waals surface area contributed by atoms with Crippen molar-refractivity contribution in [2.75, 3.05) is 0 Å². The summed E-state index contributed by atoms with van der Waals surface area (Å²) < 4.78 is 2.29. The molecule has 0 spiro atoms. The maximum absolute atomic E-state index is 4.91. The van der Waals surface area contributed by atoms with Crippen molar-refractivity contribution in [1.82, 2.24) is 9.55 Å². The first kappa shape index (κ1) is 32.6. The molecule has 9 aromatic carbocycles. The molecule has 10 aromatic rings. The molecule has 0 amide bonds. The number of aryl methyl sites for hydroxylation is 1. The molecule has 0 saturated carbocycles. The second kappa shape index (κ2) is 13.7. The highest BCUT2D eigenvalue weighted by Gasteiger charge is 2.18. The van der Waals surface area contributed by atoms with Crippen LogP contribution in [0.1, 0.15) is 12.7 Å². The normalized spacial score (nSPS) is 11.4. The zero-order valence-corrected chi connectivity index (χ0v) is 30.7. The van der Waals surface area contributed by atoms with Crippen LogP contribution in [0.3, 0.4) is 0 Å². The minimum Gasteiger partial charge on any atom is -0.296 e. The van der Waals surface area contributed by atoms with Crippen molar-refractivity contribution in [2.24, 2.45) is 0 Å². The Bertz CT molecular complexity index is 2970. The van der Waals surface area contributed by atoms with Crippen molar-refractivity contribution in [1.29, 1.82) is 0 Å². The van der Waals surface area contributed by atoms with E-state index < -0.39 is 0 Å². The van der Waals surface area contributed by atoms with E-state index >= 15 is 0 Å². The van der Waals surface area contributed by atoms with E-state index in [4.69, 9.17) is 4.98 Å². The average Bonchev–Trinajstić information content (AvgIpc) is 3.65. The molecule has 0 aliphatic carbocycles. The molecule has 0 aliphatic rings. The van der Waals surface area contributed by atoms with Gasteiger partial charge in [0.25, 0.3) is 0 Å². The van der Waals surface area contributed by atoms with Crippen LogP contribution in [0, 0.1) is 0 Å². The van der Waals surface area contributed by atoms with Crippen molar-refractivity contribution in [2.45, 2.75) is 13.3 Å². The lowest BCUT2D eigenvalue weighted by molar-refractivity contribution is 0.908. The Kier molecular flexibility index (Phi) is 8.15. The van der Waals surface area contributed by atoms with Crippen LogP contribution in [0.25, 0.3) is 93.9 Å². The number of para-hydroxylation sites is 2. The zero-order chi connectivity index (χ0) is 36.7. The first-order valence-corrected chi connectivity index (χ1v) is 19.1. The molecule has 2 heteroatoms. The molecule has 0 N–H and O–H groups in total. The molecule has 1 aromatic heterocycles. The summed E-state index contributed by atoms with van der Waals surface area (Å²) >= 11 is 0. The lowest BCUT2D eigenvalue weighted by Gasteiger charge is -2.19. The van der Waals surface area contributed by atoms with Gasteiger partial charge in [-0.1, -0.05) is 171 Å². The number of nitrogens with zero attached hydrogens (tertiary/aromatic N) is 2. The maximum atomic E-state index is 4.91. The Morgan fingerprint density at radius 2 is 0.836 bits per heavy atom. The number of benzene rings is 9. The Morgan fingerprint density at radius 1 is 0.364 bits per heavy atom. The molecule has 2 nitrogen and oxygen atoms in total. The van der Waals surface area contributed by atoms with E-state index in [2.05, 4.69) is 212 Å². The smallest absolute Gasteiger partial charge is 0.114 e. The summed E-state index contributed by atoms with van der Waals surface area (Å²) in [4.78, 5) is 4.91. The fraction of sp³-hybridized carbons (Fsp3) is 0.0377. The van der Waals surface area contributed by atoms with Crippen LogP contribution in [0.2, 0.25) is 0 Å². The third-order valence-corrected chi connectivity index (χ3v) is 11.0. The third kappa shape index (κ3) is 5.80. The molecule has 0 saturated heterocycles. The van der Waals surface area contributed by atoms with E-state index in [9.17, 15) is 0 Å². The quantitative estimate of drug-likeness (QED) is 0.151. The van der Waals surface area contributed by atoms with Crippen LogP contribution in [0.5, 0.6) is 0 Å². The van der Waals surface area contributed by atoms with Crippen LogP contribution in [-0.4, -0.2) is 9.55 Å². The molecule has 10 rings (SSSR count). The molecule has 0 bridgehead atoms. The van der Waals surface area contributed by atoms with Gasteiger partial charge >= 0.3 is 0 Å². The first-order valence-electron chi connectivity index (χ1n) is 19.1. The van der Waals surface area contributed by atoms with Crippen LogP contribution in [-0.2, 0) is 6.42 Å². The van der Waals surface area contributed by atoms with Gasteiger partial charge in [-0.3, -0.25) is 4.57 Å². The topological polar surface area (TPSA) is 17.8 Å². The summed E-state index contributed by atoms with van der Waals surface area (Å²) in [6, 6.07) is 72.8. The maximum Gasteiger partial charge on any atom is 0.114 e. The molecular formula is C53H38N2. The van der Waals surface area contributed by atoms with Crippen LogP contribution >= 0.6 is 0 Å². The fourth-order valence-corrected chi connectivity index (χ4v) is 8.33. The van der Waals surface area contributed by atoms with Gasteiger partial charge < -0.3 is 0 Å². The van der Waals surface area contributed by atoms with E-state index in [1.807, 2.05) is 0 Å². The van der Waals surface area contributed by atoms with Crippen LogP contribution in [0.15, 0.2) is 200 Å². The Hall–Kier alpha value is -7.03. The SMILES string of the molecule is CCc1nc2ccccc2n1-c1ccc(-c2cccc(-c3c4ccccc4c(-c4ccc(-c5ccccc5)cc4)c4ccc(-c5ccccc5)cc34)c2)cc1. The third-order valence-electron chi connectivity index (χ3n) is 11.0. The molecule has 55 heavy (non-hydrogen) atoms. The van der Waals surface area contributed by atoms with E-state index in [1.165, 1.54) is 77.2 Å². The Balaban J connectivity index is 1.14. The second-order valence-corrected chi connectivity index (χ2v) is 14.2. The van der Waals surface area contributed by atoms with Crippen LogP contribution in [0.4, 0.5) is 0 Å². The van der Waals surface area contributed by atoms with Gasteiger partial charge in [0.15, 0.2) is 0 Å². The lowest BCUT2D eigenvalue weighted by atomic mass is 9.84. The largest absolute Gasteiger partial charge is 0.296 e. The molecule has 0 unspecified atom stereocenters. The number of hydrogen-bond donors (Lipinski definition) is 0.